The van der Waals surface area contributed by atoms with Crippen molar-refractivity contribution in [2.24, 2.45) is 0 Å². The van der Waals surface area contributed by atoms with Crippen molar-refractivity contribution in [3.8, 4) is 11.5 Å². The van der Waals surface area contributed by atoms with Crippen LogP contribution in [0.3, 0.4) is 0 Å². The zero-order chi connectivity index (χ0) is 22.2. The minimum absolute atomic E-state index is 0.146. The SMILES string of the molecule is COc1cc(/C=c2\sc3nc4ccccc4n3c2=O)ccc1OC(=O)c1ccccc1F. The fourth-order valence-electron chi connectivity index (χ4n) is 3.40. The van der Waals surface area contributed by atoms with Crippen LogP contribution in [0.2, 0.25) is 0 Å². The lowest BCUT2D eigenvalue weighted by Gasteiger charge is -2.10. The Morgan fingerprint density at radius 2 is 1.84 bits per heavy atom. The van der Waals surface area contributed by atoms with Gasteiger partial charge in [-0.3, -0.25) is 4.79 Å². The second kappa shape index (κ2) is 7.90. The molecule has 0 saturated carbocycles. The third kappa shape index (κ3) is 3.40. The Morgan fingerprint density at radius 1 is 1.06 bits per heavy atom. The number of ether oxygens (including phenoxy) is 2. The fourth-order valence-corrected chi connectivity index (χ4v) is 4.39. The standard InChI is InChI=1S/C24H15FN2O4S/c1-30-20-12-14(10-11-19(20)31-23(29)15-6-2-3-7-16(15)25)13-21-22(28)27-18-9-5-4-8-17(18)26-24(27)32-21/h2-13H,1H3/b21-13-. The van der Waals surface area contributed by atoms with Gasteiger partial charge in [-0.25, -0.2) is 18.6 Å². The first-order chi connectivity index (χ1) is 15.5. The van der Waals surface area contributed by atoms with Crippen LogP contribution in [0, 0.1) is 5.82 Å². The molecule has 0 aliphatic rings. The molecule has 3 aromatic carbocycles. The molecular formula is C24H15FN2O4S. The number of methoxy groups -OCH3 is 1. The van der Waals surface area contributed by atoms with Gasteiger partial charge in [0.25, 0.3) is 5.56 Å². The van der Waals surface area contributed by atoms with E-state index >= 15 is 0 Å². The molecule has 0 atom stereocenters. The predicted molar refractivity (Wildman–Crippen MR) is 120 cm³/mol. The van der Waals surface area contributed by atoms with Crippen LogP contribution < -0.4 is 19.6 Å². The van der Waals surface area contributed by atoms with Gasteiger partial charge in [0.2, 0.25) is 0 Å². The van der Waals surface area contributed by atoms with Crippen LogP contribution in [0.15, 0.2) is 71.5 Å². The summed E-state index contributed by atoms with van der Waals surface area (Å²) in [5.41, 5.74) is 1.88. The van der Waals surface area contributed by atoms with Crippen LogP contribution in [0.25, 0.3) is 22.1 Å². The first-order valence-corrected chi connectivity index (χ1v) is 10.4. The highest BCUT2D eigenvalue weighted by Crippen LogP contribution is 2.29. The zero-order valence-electron chi connectivity index (χ0n) is 16.7. The molecule has 0 N–H and O–H groups in total. The molecule has 0 aliphatic carbocycles. The third-order valence-corrected chi connectivity index (χ3v) is 5.90. The lowest BCUT2D eigenvalue weighted by molar-refractivity contribution is 0.0725. The minimum Gasteiger partial charge on any atom is -0.493 e. The highest BCUT2D eigenvalue weighted by atomic mass is 32.1. The van der Waals surface area contributed by atoms with E-state index in [1.807, 2.05) is 24.3 Å². The van der Waals surface area contributed by atoms with Crippen LogP contribution in [-0.4, -0.2) is 22.5 Å². The number of rotatable bonds is 4. The van der Waals surface area contributed by atoms with Crippen molar-refractivity contribution in [3.63, 3.8) is 0 Å². The molecule has 158 valence electrons. The summed E-state index contributed by atoms with van der Waals surface area (Å²) in [6, 6.07) is 17.9. The maximum Gasteiger partial charge on any atom is 0.346 e. The molecule has 0 saturated heterocycles. The van der Waals surface area contributed by atoms with Gasteiger partial charge < -0.3 is 9.47 Å². The molecule has 32 heavy (non-hydrogen) atoms. The number of imidazole rings is 1. The Labute approximate surface area is 184 Å². The molecule has 5 rings (SSSR count). The molecule has 0 spiro atoms. The van der Waals surface area contributed by atoms with Crippen LogP contribution in [0.5, 0.6) is 11.5 Å². The lowest BCUT2D eigenvalue weighted by atomic mass is 10.2. The summed E-state index contributed by atoms with van der Waals surface area (Å²) in [5.74, 6) is -1.07. The molecule has 0 aliphatic heterocycles. The Kier molecular flexibility index (Phi) is 4.91. The zero-order valence-corrected chi connectivity index (χ0v) is 17.6. The Bertz CT molecular complexity index is 1610. The molecule has 5 aromatic rings. The van der Waals surface area contributed by atoms with Crippen molar-refractivity contribution in [1.29, 1.82) is 0 Å². The Hall–Kier alpha value is -4.04. The number of nitrogens with zero attached hydrogens (tertiary/aromatic N) is 2. The largest absolute Gasteiger partial charge is 0.493 e. The summed E-state index contributed by atoms with van der Waals surface area (Å²) < 4.78 is 26.6. The van der Waals surface area contributed by atoms with E-state index in [9.17, 15) is 14.0 Å². The van der Waals surface area contributed by atoms with Crippen molar-refractivity contribution in [2.45, 2.75) is 0 Å². The van der Waals surface area contributed by atoms with Crippen molar-refractivity contribution in [1.82, 2.24) is 9.38 Å². The molecule has 6 nitrogen and oxygen atoms in total. The molecule has 0 fully saturated rings. The summed E-state index contributed by atoms with van der Waals surface area (Å²) in [5, 5.41) is 0. The van der Waals surface area contributed by atoms with Crippen molar-refractivity contribution < 1.29 is 18.7 Å². The highest BCUT2D eigenvalue weighted by Gasteiger charge is 2.16. The van der Waals surface area contributed by atoms with Crippen LogP contribution in [0.1, 0.15) is 15.9 Å². The van der Waals surface area contributed by atoms with Crippen LogP contribution >= 0.6 is 11.3 Å². The van der Waals surface area contributed by atoms with E-state index in [-0.39, 0.29) is 22.6 Å². The van der Waals surface area contributed by atoms with E-state index in [4.69, 9.17) is 9.47 Å². The number of hydrogen-bond acceptors (Lipinski definition) is 6. The lowest BCUT2D eigenvalue weighted by Crippen LogP contribution is -2.22. The van der Waals surface area contributed by atoms with Crippen LogP contribution in [-0.2, 0) is 0 Å². The number of carbonyl (C=O) groups excluding carboxylic acids is 1. The van der Waals surface area contributed by atoms with E-state index in [1.54, 1.807) is 34.7 Å². The number of aromatic nitrogens is 2. The molecule has 0 unspecified atom stereocenters. The summed E-state index contributed by atoms with van der Waals surface area (Å²) in [7, 11) is 1.43. The van der Waals surface area contributed by atoms with Gasteiger partial charge in [-0.15, -0.1) is 0 Å². The number of para-hydroxylation sites is 2. The fraction of sp³-hybridized carbons (Fsp3) is 0.0417. The average molecular weight is 446 g/mol. The van der Waals surface area contributed by atoms with Crippen molar-refractivity contribution >= 4 is 39.4 Å². The second-order valence-electron chi connectivity index (χ2n) is 6.91. The molecule has 0 radical (unpaired) electrons. The van der Waals surface area contributed by atoms with Gasteiger partial charge in [0.05, 0.1) is 28.2 Å². The van der Waals surface area contributed by atoms with E-state index < -0.39 is 11.8 Å². The first kappa shape index (κ1) is 19.9. The summed E-state index contributed by atoms with van der Waals surface area (Å²) in [6.07, 6.45) is 1.72. The van der Waals surface area contributed by atoms with Gasteiger partial charge in [-0.2, -0.15) is 0 Å². The number of esters is 1. The van der Waals surface area contributed by atoms with Crippen molar-refractivity contribution in [2.75, 3.05) is 7.11 Å². The Balaban J connectivity index is 1.51. The quantitative estimate of drug-likeness (QED) is 0.310. The van der Waals surface area contributed by atoms with Gasteiger partial charge in [-0.05, 0) is 48.0 Å². The van der Waals surface area contributed by atoms with Gasteiger partial charge in [0, 0.05) is 0 Å². The van der Waals surface area contributed by atoms with Gasteiger partial charge in [0.1, 0.15) is 5.82 Å². The van der Waals surface area contributed by atoms with E-state index in [0.29, 0.717) is 15.1 Å². The summed E-state index contributed by atoms with van der Waals surface area (Å²) in [6.45, 7) is 0. The monoisotopic (exact) mass is 446 g/mol. The number of thiazole rings is 1. The van der Waals surface area contributed by atoms with Gasteiger partial charge in [0.15, 0.2) is 16.5 Å². The minimum atomic E-state index is -0.827. The van der Waals surface area contributed by atoms with E-state index in [0.717, 1.165) is 11.0 Å². The molecule has 2 aromatic heterocycles. The van der Waals surface area contributed by atoms with Crippen molar-refractivity contribution in [3.05, 3.63) is 98.6 Å². The molecule has 0 amide bonds. The second-order valence-corrected chi connectivity index (χ2v) is 7.92. The topological polar surface area (TPSA) is 69.9 Å². The number of benzene rings is 3. The molecular weight excluding hydrogens is 431 g/mol. The average Bonchev–Trinajstić information content (AvgIpc) is 3.31. The molecule has 8 heteroatoms. The third-order valence-electron chi connectivity index (χ3n) is 4.93. The highest BCUT2D eigenvalue weighted by molar-refractivity contribution is 7.15. The predicted octanol–water partition coefficient (Wildman–Crippen LogP) is 3.82. The van der Waals surface area contributed by atoms with E-state index in [1.165, 1.54) is 36.6 Å². The molecule has 2 heterocycles. The van der Waals surface area contributed by atoms with Crippen LogP contribution in [0.4, 0.5) is 4.39 Å². The summed E-state index contributed by atoms with van der Waals surface area (Å²) in [4.78, 5) is 30.4. The Morgan fingerprint density at radius 3 is 2.66 bits per heavy atom. The van der Waals surface area contributed by atoms with Gasteiger partial charge >= 0.3 is 5.97 Å². The maximum absolute atomic E-state index is 13.9. The molecule has 0 bridgehead atoms. The number of carbonyl (C=O) groups is 1. The number of fused-ring (bicyclic) bond motifs is 3. The van der Waals surface area contributed by atoms with E-state index in [2.05, 4.69) is 4.98 Å². The first-order valence-electron chi connectivity index (χ1n) is 9.61. The smallest absolute Gasteiger partial charge is 0.346 e. The number of hydrogen-bond donors (Lipinski definition) is 0. The number of halogens is 1. The normalized spacial score (nSPS) is 11.9. The van der Waals surface area contributed by atoms with Gasteiger partial charge in [-0.1, -0.05) is 41.7 Å². The maximum atomic E-state index is 13.9. The summed E-state index contributed by atoms with van der Waals surface area (Å²) >= 11 is 1.29.